The van der Waals surface area contributed by atoms with Crippen molar-refractivity contribution >= 4 is 109 Å². The SMILES string of the molecule is CC(C)(C)c1ccc(N(c2ccc(C(C)(C)C)cc2)c2cc3c4c(c2)N(c2c(-c5ccccc5)cccc2-c2ccccc2)c2ccccc2B4N2B4c5ccccc5N(c5c(-c6ccccc6)cccc5-c5ccccc5)c5cc(N(c6ccc(C(C)(C)C)cc6)c6ccc(C(C)(C)C)cc6)cc(c54)-c4cccc-3c42)cc1. The molecule has 548 valence electrons. The van der Waals surface area contributed by atoms with Crippen LogP contribution in [0, 0.1) is 0 Å². The first-order valence-electron chi connectivity index (χ1n) is 40.2. The number of anilines is 13. The Balaban J connectivity index is 0.956. The third-order valence-corrected chi connectivity index (χ3v) is 24.0. The Morgan fingerprint density at radius 3 is 0.743 bits per heavy atom. The summed E-state index contributed by atoms with van der Waals surface area (Å²) >= 11 is 0. The summed E-state index contributed by atoms with van der Waals surface area (Å²) in [6, 6.07) is 132. The van der Waals surface area contributed by atoms with Gasteiger partial charge in [0.15, 0.2) is 0 Å². The van der Waals surface area contributed by atoms with Gasteiger partial charge >= 0.3 is 13.7 Å². The number of rotatable bonds is 12. The smallest absolute Gasteiger partial charge is 0.316 e. The van der Waals surface area contributed by atoms with Gasteiger partial charge < -0.3 is 24.3 Å². The molecular formula is C106H93B2N5. The highest BCUT2D eigenvalue weighted by Crippen LogP contribution is 2.58. The molecule has 4 aliphatic heterocycles. The van der Waals surface area contributed by atoms with Crippen molar-refractivity contribution in [2.24, 2.45) is 0 Å². The van der Waals surface area contributed by atoms with Crippen molar-refractivity contribution < 1.29 is 0 Å². The molecular weight excluding hydrogens is 1360 g/mol. The van der Waals surface area contributed by atoms with Gasteiger partial charge in [-0.2, -0.15) is 0 Å². The molecule has 19 rings (SSSR count). The molecule has 0 atom stereocenters. The van der Waals surface area contributed by atoms with Crippen LogP contribution in [0.3, 0.4) is 0 Å². The lowest BCUT2D eigenvalue weighted by molar-refractivity contribution is 0.590. The molecule has 0 aromatic heterocycles. The van der Waals surface area contributed by atoms with E-state index in [2.05, 4.69) is 453 Å². The average molecular weight is 1460 g/mol. The molecule has 0 fully saturated rings. The molecule has 5 nitrogen and oxygen atoms in total. The van der Waals surface area contributed by atoms with Crippen molar-refractivity contribution in [2.75, 3.05) is 24.3 Å². The summed E-state index contributed by atoms with van der Waals surface area (Å²) in [7, 11) is 0. The number of fused-ring (bicyclic) bond motifs is 8. The second-order valence-corrected chi connectivity index (χ2v) is 35.3. The Morgan fingerprint density at radius 1 is 0.212 bits per heavy atom. The summed E-state index contributed by atoms with van der Waals surface area (Å²) in [6.07, 6.45) is 0. The first-order valence-corrected chi connectivity index (χ1v) is 40.2. The van der Waals surface area contributed by atoms with Crippen molar-refractivity contribution in [3.05, 3.63) is 368 Å². The van der Waals surface area contributed by atoms with Crippen molar-refractivity contribution in [3.63, 3.8) is 0 Å². The molecule has 0 saturated heterocycles. The van der Waals surface area contributed by atoms with Crippen LogP contribution in [0.15, 0.2) is 346 Å². The van der Waals surface area contributed by atoms with Crippen LogP contribution in [0.1, 0.15) is 105 Å². The monoisotopic (exact) mass is 1460 g/mol. The van der Waals surface area contributed by atoms with E-state index in [1.807, 2.05) is 0 Å². The van der Waals surface area contributed by atoms with Gasteiger partial charge in [0.25, 0.3) is 0 Å². The molecule has 0 unspecified atom stereocenters. The number of para-hydroxylation sites is 5. The fourth-order valence-corrected chi connectivity index (χ4v) is 18.3. The van der Waals surface area contributed by atoms with Crippen LogP contribution in [0.5, 0.6) is 0 Å². The van der Waals surface area contributed by atoms with Gasteiger partial charge in [0.2, 0.25) is 0 Å². The highest BCUT2D eigenvalue weighted by Gasteiger charge is 2.55. The number of nitrogens with zero attached hydrogens (tertiary/aromatic N) is 5. The summed E-state index contributed by atoms with van der Waals surface area (Å²) in [5.74, 6) is 0. The fourth-order valence-electron chi connectivity index (χ4n) is 18.3. The Hall–Kier alpha value is -12.6. The highest BCUT2D eigenvalue weighted by atomic mass is 15.2. The summed E-state index contributed by atoms with van der Waals surface area (Å²) in [6.45, 7) is 27.1. The van der Waals surface area contributed by atoms with Gasteiger partial charge in [-0.3, -0.25) is 0 Å². The first kappa shape index (κ1) is 70.8. The zero-order valence-electron chi connectivity index (χ0n) is 66.8. The van der Waals surface area contributed by atoms with Crippen molar-refractivity contribution in [2.45, 2.75) is 105 Å². The normalized spacial score (nSPS) is 13.2. The predicted molar refractivity (Wildman–Crippen MR) is 485 cm³/mol. The second kappa shape index (κ2) is 27.1. The summed E-state index contributed by atoms with van der Waals surface area (Å²) in [5, 5.41) is 0. The molecule has 4 aliphatic rings. The largest absolute Gasteiger partial charge is 0.444 e. The summed E-state index contributed by atoms with van der Waals surface area (Å²) in [4.78, 5) is 10.4. The number of benzene rings is 15. The third-order valence-electron chi connectivity index (χ3n) is 24.0. The number of hydrogen-bond donors (Lipinski definition) is 0. The molecule has 7 heteroatoms. The van der Waals surface area contributed by atoms with Crippen LogP contribution in [0.4, 0.5) is 73.9 Å². The lowest BCUT2D eigenvalue weighted by Gasteiger charge is -2.53. The quantitative estimate of drug-likeness (QED) is 0.113. The van der Waals surface area contributed by atoms with E-state index in [1.165, 1.54) is 72.0 Å². The van der Waals surface area contributed by atoms with E-state index in [1.54, 1.807) is 0 Å². The minimum absolute atomic E-state index is 0.0553. The minimum Gasteiger partial charge on any atom is -0.444 e. The highest BCUT2D eigenvalue weighted by molar-refractivity contribution is 7.09. The molecule has 15 aromatic carbocycles. The van der Waals surface area contributed by atoms with E-state index in [9.17, 15) is 0 Å². The molecule has 0 saturated carbocycles. The van der Waals surface area contributed by atoms with E-state index in [-0.39, 0.29) is 35.4 Å². The molecule has 0 spiro atoms. The first-order chi connectivity index (χ1) is 54.6. The van der Waals surface area contributed by atoms with Crippen molar-refractivity contribution in [3.8, 4) is 66.8 Å². The average Bonchev–Trinajstić information content (AvgIpc) is 0.668. The Morgan fingerprint density at radius 2 is 0.469 bits per heavy atom. The van der Waals surface area contributed by atoms with E-state index < -0.39 is 0 Å². The molecule has 0 bridgehead atoms. The zero-order valence-corrected chi connectivity index (χ0v) is 66.8. The van der Waals surface area contributed by atoms with Crippen molar-refractivity contribution in [1.82, 2.24) is 0 Å². The molecule has 0 radical (unpaired) electrons. The molecule has 113 heavy (non-hydrogen) atoms. The van der Waals surface area contributed by atoms with Gasteiger partial charge in [0.1, 0.15) is 0 Å². The van der Waals surface area contributed by atoms with E-state index in [0.29, 0.717) is 0 Å². The zero-order chi connectivity index (χ0) is 77.4. The van der Waals surface area contributed by atoms with Crippen LogP contribution < -0.4 is 46.2 Å². The summed E-state index contributed by atoms with van der Waals surface area (Å²) < 4.78 is 2.90. The van der Waals surface area contributed by atoms with E-state index in [0.717, 1.165) is 113 Å². The predicted octanol–water partition coefficient (Wildman–Crippen LogP) is 26.4. The minimum atomic E-state index is -0.314. The van der Waals surface area contributed by atoms with Gasteiger partial charge in [-0.05, 0) is 184 Å². The molecule has 15 aromatic rings. The van der Waals surface area contributed by atoms with Gasteiger partial charge in [0.05, 0.1) is 11.4 Å². The van der Waals surface area contributed by atoms with Crippen LogP contribution in [0.2, 0.25) is 0 Å². The van der Waals surface area contributed by atoms with E-state index in [4.69, 9.17) is 0 Å². The van der Waals surface area contributed by atoms with E-state index >= 15 is 0 Å². The standard InChI is InChI=1S/C106H93B2N5/c1-103(2,3)74-50-58-78(59-51-74)109(79-60-52-75(53-61-79)104(4,5)6)82-66-90-88-44-31-45-89-91-67-83(110(80-62-54-76(55-63-80)105(7,8)9)81-64-56-77(57-65-81)106(10,11)12)69-97-99(91)108(93-47-26-28-49-95(93)112(97)101-86(72-36-21-15-22-37-72)42-30-43-87(101)73-38-23-16-24-39-73)113(102(88)89)107-92-46-25-27-48-94(92)111(96(68-82)98(90)107)100-84(70-32-17-13-18-33-70)40-29-41-85(100)71-34-19-14-20-35-71/h13-69H,1-12H3. The Kier molecular flexibility index (Phi) is 17.0. The van der Waals surface area contributed by atoms with Crippen LogP contribution in [-0.2, 0) is 21.7 Å². The Labute approximate surface area is 669 Å². The van der Waals surface area contributed by atoms with Crippen molar-refractivity contribution in [1.29, 1.82) is 0 Å². The lowest BCUT2D eigenvalue weighted by Crippen LogP contribution is -2.74. The maximum absolute atomic E-state index is 2.90. The maximum Gasteiger partial charge on any atom is 0.316 e. The Bertz CT molecular complexity index is 5550. The molecule has 4 heterocycles. The van der Waals surface area contributed by atoms with Crippen LogP contribution in [0.25, 0.3) is 66.8 Å². The van der Waals surface area contributed by atoms with Crippen LogP contribution in [-0.4, -0.2) is 13.7 Å². The maximum atomic E-state index is 2.90. The molecule has 0 amide bonds. The third kappa shape index (κ3) is 12.1. The fraction of sp³-hybridized carbons (Fsp3) is 0.151. The van der Waals surface area contributed by atoms with Gasteiger partial charge in [-0.15, -0.1) is 0 Å². The van der Waals surface area contributed by atoms with Gasteiger partial charge in [-0.25, -0.2) is 0 Å². The van der Waals surface area contributed by atoms with Gasteiger partial charge in [0, 0.05) is 95.9 Å². The second-order valence-electron chi connectivity index (χ2n) is 35.3. The van der Waals surface area contributed by atoms with Crippen LogP contribution >= 0.6 is 0 Å². The lowest BCUT2D eigenvalue weighted by atomic mass is 9.32. The number of hydrogen-bond acceptors (Lipinski definition) is 5. The topological polar surface area (TPSA) is 16.2 Å². The molecule has 0 N–H and O–H groups in total. The molecule has 0 aliphatic carbocycles. The van der Waals surface area contributed by atoms with Gasteiger partial charge in [-0.1, -0.05) is 344 Å². The summed E-state index contributed by atoms with van der Waals surface area (Å²) in [5.41, 5.74) is 38.3.